The van der Waals surface area contributed by atoms with Crippen LogP contribution in [-0.2, 0) is 6.42 Å². The van der Waals surface area contributed by atoms with Crippen LogP contribution in [0.1, 0.15) is 22.3 Å². The van der Waals surface area contributed by atoms with Crippen LogP contribution in [0.2, 0.25) is 0 Å². The molecular formula is C11H11ClF2O3. The number of halogens is 3. The number of ether oxygens (including phenoxy) is 1. The molecule has 0 aliphatic carbocycles. The van der Waals surface area contributed by atoms with Gasteiger partial charge in [0.1, 0.15) is 11.3 Å². The van der Waals surface area contributed by atoms with Crippen LogP contribution in [-0.4, -0.2) is 23.6 Å². The molecule has 1 rings (SSSR count). The third-order valence-corrected chi connectivity index (χ3v) is 2.39. The van der Waals surface area contributed by atoms with Gasteiger partial charge in [-0.05, 0) is 24.5 Å². The maximum Gasteiger partial charge on any atom is 0.387 e. The second kappa shape index (κ2) is 6.39. The predicted molar refractivity (Wildman–Crippen MR) is 59.1 cm³/mol. The first kappa shape index (κ1) is 13.7. The van der Waals surface area contributed by atoms with Crippen molar-refractivity contribution in [2.45, 2.75) is 19.5 Å². The standard InChI is InChI=1S/C11H11ClF2O3/c12-6-2-4-7-3-1-5-8(17-11(13)14)9(7)10(15)16/h1,3,5,11H,2,4,6H2,(H,15,16). The number of aromatic carboxylic acids is 1. The number of alkyl halides is 3. The van der Waals surface area contributed by atoms with Gasteiger partial charge < -0.3 is 9.84 Å². The number of carboxylic acids is 1. The van der Waals surface area contributed by atoms with E-state index in [2.05, 4.69) is 4.74 Å². The van der Waals surface area contributed by atoms with E-state index in [9.17, 15) is 13.6 Å². The smallest absolute Gasteiger partial charge is 0.387 e. The van der Waals surface area contributed by atoms with Gasteiger partial charge in [0.05, 0.1) is 0 Å². The molecule has 1 N–H and O–H groups in total. The maximum atomic E-state index is 12.1. The zero-order valence-electron chi connectivity index (χ0n) is 8.83. The van der Waals surface area contributed by atoms with Crippen molar-refractivity contribution in [3.8, 4) is 5.75 Å². The van der Waals surface area contributed by atoms with Crippen LogP contribution in [0.15, 0.2) is 18.2 Å². The summed E-state index contributed by atoms with van der Waals surface area (Å²) in [5, 5.41) is 9.00. The zero-order chi connectivity index (χ0) is 12.8. The van der Waals surface area contributed by atoms with Crippen LogP contribution in [0, 0.1) is 0 Å². The highest BCUT2D eigenvalue weighted by molar-refractivity contribution is 6.17. The third-order valence-electron chi connectivity index (χ3n) is 2.12. The van der Waals surface area contributed by atoms with Crippen molar-refractivity contribution in [1.29, 1.82) is 0 Å². The number of hydrogen-bond acceptors (Lipinski definition) is 2. The molecule has 94 valence electrons. The fourth-order valence-corrected chi connectivity index (χ4v) is 1.61. The highest BCUT2D eigenvalue weighted by Gasteiger charge is 2.18. The second-order valence-corrected chi connectivity index (χ2v) is 3.64. The summed E-state index contributed by atoms with van der Waals surface area (Å²) in [4.78, 5) is 11.0. The summed E-state index contributed by atoms with van der Waals surface area (Å²) in [7, 11) is 0. The van der Waals surface area contributed by atoms with E-state index in [-0.39, 0.29) is 11.3 Å². The fraction of sp³-hybridized carbons (Fsp3) is 0.364. The largest absolute Gasteiger partial charge is 0.478 e. The molecule has 3 nitrogen and oxygen atoms in total. The van der Waals surface area contributed by atoms with Gasteiger partial charge in [-0.1, -0.05) is 12.1 Å². The predicted octanol–water partition coefficient (Wildman–Crippen LogP) is 3.16. The van der Waals surface area contributed by atoms with Gasteiger partial charge in [-0.15, -0.1) is 11.6 Å². The number of benzene rings is 1. The van der Waals surface area contributed by atoms with Crippen LogP contribution in [0.5, 0.6) is 5.75 Å². The number of carbonyl (C=O) groups is 1. The summed E-state index contributed by atoms with van der Waals surface area (Å²) >= 11 is 5.51. The Labute approximate surface area is 102 Å². The van der Waals surface area contributed by atoms with Gasteiger partial charge >= 0.3 is 12.6 Å². The van der Waals surface area contributed by atoms with E-state index in [0.29, 0.717) is 24.3 Å². The SMILES string of the molecule is O=C(O)c1c(CCCCl)cccc1OC(F)F. The van der Waals surface area contributed by atoms with E-state index >= 15 is 0 Å². The summed E-state index contributed by atoms with van der Waals surface area (Å²) in [6, 6.07) is 4.25. The van der Waals surface area contributed by atoms with Gasteiger partial charge in [0.2, 0.25) is 0 Å². The minimum Gasteiger partial charge on any atom is -0.478 e. The zero-order valence-corrected chi connectivity index (χ0v) is 9.58. The first-order valence-corrected chi connectivity index (χ1v) is 5.45. The Morgan fingerprint density at radius 1 is 1.47 bits per heavy atom. The maximum absolute atomic E-state index is 12.1. The highest BCUT2D eigenvalue weighted by Crippen LogP contribution is 2.25. The monoisotopic (exact) mass is 264 g/mol. The topological polar surface area (TPSA) is 46.5 Å². The average molecular weight is 265 g/mol. The number of carboxylic acid groups (broad SMARTS) is 1. The van der Waals surface area contributed by atoms with Crippen molar-refractivity contribution in [3.63, 3.8) is 0 Å². The van der Waals surface area contributed by atoms with Gasteiger partial charge in [-0.2, -0.15) is 8.78 Å². The molecule has 0 saturated carbocycles. The van der Waals surface area contributed by atoms with Crippen molar-refractivity contribution in [2.75, 3.05) is 5.88 Å². The quantitative estimate of drug-likeness (QED) is 0.803. The molecule has 0 saturated heterocycles. The van der Waals surface area contributed by atoms with Crippen LogP contribution in [0.25, 0.3) is 0 Å². The van der Waals surface area contributed by atoms with Crippen molar-refractivity contribution >= 4 is 17.6 Å². The minimum atomic E-state index is -3.05. The Bertz CT molecular complexity index is 396. The van der Waals surface area contributed by atoms with Crippen LogP contribution in [0.4, 0.5) is 8.78 Å². The molecule has 0 heterocycles. The van der Waals surface area contributed by atoms with Gasteiger partial charge in [-0.25, -0.2) is 4.79 Å². The minimum absolute atomic E-state index is 0.224. The molecule has 6 heteroatoms. The van der Waals surface area contributed by atoms with Gasteiger partial charge in [0.25, 0.3) is 0 Å². The van der Waals surface area contributed by atoms with E-state index in [0.717, 1.165) is 0 Å². The van der Waals surface area contributed by atoms with E-state index in [1.807, 2.05) is 0 Å². The summed E-state index contributed by atoms with van der Waals surface area (Å²) in [6.45, 7) is -3.05. The first-order valence-electron chi connectivity index (χ1n) is 4.92. The molecule has 0 spiro atoms. The van der Waals surface area contributed by atoms with E-state index in [1.165, 1.54) is 12.1 Å². The van der Waals surface area contributed by atoms with Gasteiger partial charge in [0, 0.05) is 5.88 Å². The molecule has 1 aromatic rings. The van der Waals surface area contributed by atoms with Crippen molar-refractivity contribution in [3.05, 3.63) is 29.3 Å². The number of aryl methyl sites for hydroxylation is 1. The molecule has 0 aromatic heterocycles. The molecule has 0 aliphatic heterocycles. The normalized spacial score (nSPS) is 10.6. The van der Waals surface area contributed by atoms with E-state index in [4.69, 9.17) is 16.7 Å². The lowest BCUT2D eigenvalue weighted by Crippen LogP contribution is -2.10. The molecule has 0 bridgehead atoms. The Morgan fingerprint density at radius 3 is 2.71 bits per heavy atom. The molecule has 0 fully saturated rings. The highest BCUT2D eigenvalue weighted by atomic mass is 35.5. The molecule has 17 heavy (non-hydrogen) atoms. The van der Waals surface area contributed by atoms with Crippen LogP contribution < -0.4 is 4.74 Å². The molecule has 0 radical (unpaired) electrons. The molecular weight excluding hydrogens is 254 g/mol. The molecule has 1 aromatic carbocycles. The molecule has 0 aliphatic rings. The van der Waals surface area contributed by atoms with Gasteiger partial charge in [-0.3, -0.25) is 0 Å². The van der Waals surface area contributed by atoms with E-state index in [1.54, 1.807) is 6.07 Å². The molecule has 0 unspecified atom stereocenters. The van der Waals surface area contributed by atoms with Crippen LogP contribution in [0.3, 0.4) is 0 Å². The Morgan fingerprint density at radius 2 is 2.18 bits per heavy atom. The Hall–Kier alpha value is -1.36. The lowest BCUT2D eigenvalue weighted by molar-refractivity contribution is -0.0503. The summed E-state index contributed by atoms with van der Waals surface area (Å²) in [5.41, 5.74) is 0.217. The summed E-state index contributed by atoms with van der Waals surface area (Å²) < 4.78 is 28.4. The lowest BCUT2D eigenvalue weighted by Gasteiger charge is -2.11. The van der Waals surface area contributed by atoms with Gasteiger partial charge in [0.15, 0.2) is 0 Å². The second-order valence-electron chi connectivity index (χ2n) is 3.27. The summed E-state index contributed by atoms with van der Waals surface area (Å²) in [5.74, 6) is -1.23. The number of rotatable bonds is 6. The third kappa shape index (κ3) is 3.85. The fourth-order valence-electron chi connectivity index (χ4n) is 1.48. The summed E-state index contributed by atoms with van der Waals surface area (Å²) in [6.07, 6.45) is 0.978. The molecule has 0 atom stereocenters. The van der Waals surface area contributed by atoms with E-state index < -0.39 is 12.6 Å². The van der Waals surface area contributed by atoms with Crippen molar-refractivity contribution in [1.82, 2.24) is 0 Å². The number of hydrogen-bond donors (Lipinski definition) is 1. The Kier molecular flexibility index (Phi) is 5.15. The average Bonchev–Trinajstić information content (AvgIpc) is 2.25. The Balaban J connectivity index is 3.08. The molecule has 0 amide bonds. The first-order chi connectivity index (χ1) is 8.06. The van der Waals surface area contributed by atoms with Crippen molar-refractivity contribution in [2.24, 2.45) is 0 Å². The lowest BCUT2D eigenvalue weighted by atomic mass is 10.0. The van der Waals surface area contributed by atoms with Crippen LogP contribution >= 0.6 is 11.6 Å². The van der Waals surface area contributed by atoms with Crippen molar-refractivity contribution < 1.29 is 23.4 Å².